The highest BCUT2D eigenvalue weighted by molar-refractivity contribution is 6.31. The van der Waals surface area contributed by atoms with E-state index in [-0.39, 0.29) is 18.9 Å². The van der Waals surface area contributed by atoms with E-state index in [9.17, 15) is 18.0 Å². The molecule has 0 aliphatic rings. The van der Waals surface area contributed by atoms with Crippen molar-refractivity contribution >= 4 is 28.4 Å². The minimum Gasteiger partial charge on any atom is -0.351 e. The average molecular weight is 449 g/mol. The number of alkyl halides is 3. The van der Waals surface area contributed by atoms with Gasteiger partial charge in [0, 0.05) is 35.9 Å². The van der Waals surface area contributed by atoms with Crippen molar-refractivity contribution in [3.8, 4) is 11.6 Å². The first kappa shape index (κ1) is 20.9. The molecule has 0 aliphatic carbocycles. The van der Waals surface area contributed by atoms with Gasteiger partial charge in [0.2, 0.25) is 0 Å². The second-order valence-electron chi connectivity index (χ2n) is 6.95. The molecule has 160 valence electrons. The maximum Gasteiger partial charge on any atom is 0.417 e. The number of aromatic amines is 1. The van der Waals surface area contributed by atoms with Crippen molar-refractivity contribution in [1.29, 1.82) is 0 Å². The summed E-state index contributed by atoms with van der Waals surface area (Å²) in [6, 6.07) is 11.9. The van der Waals surface area contributed by atoms with Crippen LogP contribution in [0.1, 0.15) is 21.7 Å². The molecule has 6 nitrogen and oxygen atoms in total. The van der Waals surface area contributed by atoms with Crippen LogP contribution in [0.15, 0.2) is 53.1 Å². The molecule has 4 aromatic rings. The van der Waals surface area contributed by atoms with E-state index in [4.69, 9.17) is 16.1 Å². The van der Waals surface area contributed by atoms with E-state index in [2.05, 4.69) is 15.1 Å². The van der Waals surface area contributed by atoms with Gasteiger partial charge in [-0.25, -0.2) is 0 Å². The number of hydrogen-bond donors (Lipinski definition) is 1. The summed E-state index contributed by atoms with van der Waals surface area (Å²) in [4.78, 5) is 21.2. The number of halogens is 4. The Bertz CT molecular complexity index is 1250. The number of H-pyrrole nitrogens is 1. The third kappa shape index (κ3) is 4.41. The third-order valence-corrected chi connectivity index (χ3v) is 5.00. The quantitative estimate of drug-likeness (QED) is 0.455. The van der Waals surface area contributed by atoms with Gasteiger partial charge < -0.3 is 14.4 Å². The first-order valence-corrected chi connectivity index (χ1v) is 9.63. The van der Waals surface area contributed by atoms with Gasteiger partial charge in [0.15, 0.2) is 5.82 Å². The molecule has 0 unspecified atom stereocenters. The molecular weight excluding hydrogens is 433 g/mol. The topological polar surface area (TPSA) is 75.0 Å². The number of nitrogens with one attached hydrogen (secondary N) is 1. The molecule has 0 saturated heterocycles. The first-order valence-electron chi connectivity index (χ1n) is 9.25. The largest absolute Gasteiger partial charge is 0.417 e. The molecule has 2 aromatic heterocycles. The molecule has 0 fully saturated rings. The predicted molar refractivity (Wildman–Crippen MR) is 109 cm³/mol. The molecule has 1 N–H and O–H groups in total. The minimum absolute atomic E-state index is 0.117. The van der Waals surface area contributed by atoms with Crippen LogP contribution in [0.3, 0.4) is 0 Å². The van der Waals surface area contributed by atoms with E-state index in [0.717, 1.165) is 23.0 Å². The van der Waals surface area contributed by atoms with Crippen LogP contribution in [-0.4, -0.2) is 39.5 Å². The van der Waals surface area contributed by atoms with Crippen molar-refractivity contribution in [1.82, 2.24) is 20.0 Å². The van der Waals surface area contributed by atoms with Crippen LogP contribution >= 0.6 is 11.6 Å². The van der Waals surface area contributed by atoms with Crippen molar-refractivity contribution in [2.75, 3.05) is 13.6 Å². The Labute approximate surface area is 179 Å². The smallest absolute Gasteiger partial charge is 0.351 e. The van der Waals surface area contributed by atoms with Crippen molar-refractivity contribution in [3.63, 3.8) is 0 Å². The summed E-state index contributed by atoms with van der Waals surface area (Å²) in [6.45, 7) is 0.117. The highest BCUT2D eigenvalue weighted by Crippen LogP contribution is 2.32. The molecule has 0 radical (unpaired) electrons. The van der Waals surface area contributed by atoms with Gasteiger partial charge in [-0.1, -0.05) is 28.9 Å². The summed E-state index contributed by atoms with van der Waals surface area (Å²) >= 11 is 5.99. The number of aromatic nitrogens is 3. The Kier molecular flexibility index (Phi) is 5.45. The van der Waals surface area contributed by atoms with Crippen LogP contribution in [0, 0.1) is 0 Å². The Morgan fingerprint density at radius 1 is 1.19 bits per heavy atom. The number of likely N-dealkylation sites (N-methyl/N-ethyl adjacent to an activating group) is 1. The summed E-state index contributed by atoms with van der Waals surface area (Å²) in [6.07, 6.45) is -4.40. The molecule has 10 heteroatoms. The van der Waals surface area contributed by atoms with Gasteiger partial charge in [-0.05, 0) is 36.4 Å². The number of carbonyl (C=O) groups is 1. The minimum atomic E-state index is -4.61. The second-order valence-corrected chi connectivity index (χ2v) is 7.39. The van der Waals surface area contributed by atoms with E-state index in [1.54, 1.807) is 12.1 Å². The van der Waals surface area contributed by atoms with E-state index < -0.39 is 23.2 Å². The zero-order valence-corrected chi connectivity index (χ0v) is 17.0. The number of fused-ring (bicyclic) bond motifs is 1. The molecule has 0 atom stereocenters. The number of rotatable bonds is 5. The SMILES string of the molecule is CN(CCc1noc(-c2cc3cc(Cl)ccc3[nH]2)n1)C(=O)c1ccccc1C(F)(F)F. The monoisotopic (exact) mass is 448 g/mol. The molecule has 2 heterocycles. The molecule has 1 amide bonds. The second kappa shape index (κ2) is 8.07. The fourth-order valence-electron chi connectivity index (χ4n) is 3.18. The maximum absolute atomic E-state index is 13.2. The van der Waals surface area contributed by atoms with Crippen LogP contribution in [0.2, 0.25) is 5.02 Å². The average Bonchev–Trinajstić information content (AvgIpc) is 3.37. The van der Waals surface area contributed by atoms with Gasteiger partial charge in [-0.3, -0.25) is 4.79 Å². The van der Waals surface area contributed by atoms with Gasteiger partial charge in [0.1, 0.15) is 5.69 Å². The molecule has 2 aromatic carbocycles. The molecule has 0 aliphatic heterocycles. The van der Waals surface area contributed by atoms with Gasteiger partial charge in [-0.2, -0.15) is 18.2 Å². The summed E-state index contributed by atoms with van der Waals surface area (Å²) < 4.78 is 44.8. The van der Waals surface area contributed by atoms with Crippen LogP contribution in [0.5, 0.6) is 0 Å². The Balaban J connectivity index is 1.45. The molecule has 4 rings (SSSR count). The van der Waals surface area contributed by atoms with Crippen LogP contribution in [0.4, 0.5) is 13.2 Å². The van der Waals surface area contributed by atoms with Crippen molar-refractivity contribution < 1.29 is 22.5 Å². The summed E-state index contributed by atoms with van der Waals surface area (Å²) in [5.74, 6) is -0.140. The summed E-state index contributed by atoms with van der Waals surface area (Å²) in [7, 11) is 1.43. The fourth-order valence-corrected chi connectivity index (χ4v) is 3.36. The van der Waals surface area contributed by atoms with Crippen LogP contribution in [0.25, 0.3) is 22.5 Å². The fraction of sp³-hybridized carbons (Fsp3) is 0.190. The van der Waals surface area contributed by atoms with E-state index in [1.807, 2.05) is 12.1 Å². The number of carbonyl (C=O) groups excluding carboxylic acids is 1. The first-order chi connectivity index (χ1) is 14.7. The van der Waals surface area contributed by atoms with Gasteiger partial charge >= 0.3 is 6.18 Å². The highest BCUT2D eigenvalue weighted by Gasteiger charge is 2.35. The van der Waals surface area contributed by atoms with Crippen molar-refractivity contribution in [2.45, 2.75) is 12.6 Å². The Hall–Kier alpha value is -3.33. The standard InChI is InChI=1S/C21H16ClF3N4O2/c1-29(20(30)14-4-2-3-5-15(14)21(23,24)25)9-8-18-27-19(31-28-18)17-11-12-10-13(22)6-7-16(12)26-17/h2-7,10-11,26H,8-9H2,1H3. The van der Waals surface area contributed by atoms with E-state index in [0.29, 0.717) is 16.5 Å². The molecular formula is C21H16ClF3N4O2. The number of nitrogens with zero attached hydrogens (tertiary/aromatic N) is 3. The summed E-state index contributed by atoms with van der Waals surface area (Å²) in [5.41, 5.74) is 0.100. The zero-order chi connectivity index (χ0) is 22.2. The lowest BCUT2D eigenvalue weighted by molar-refractivity contribution is -0.138. The van der Waals surface area contributed by atoms with Gasteiger partial charge in [0.05, 0.1) is 11.1 Å². The lowest BCUT2D eigenvalue weighted by Crippen LogP contribution is -2.30. The maximum atomic E-state index is 13.2. The molecule has 31 heavy (non-hydrogen) atoms. The third-order valence-electron chi connectivity index (χ3n) is 4.76. The lowest BCUT2D eigenvalue weighted by atomic mass is 10.1. The molecule has 0 spiro atoms. The number of amides is 1. The van der Waals surface area contributed by atoms with Crippen LogP contribution < -0.4 is 0 Å². The van der Waals surface area contributed by atoms with Gasteiger partial charge in [0.25, 0.3) is 11.8 Å². The zero-order valence-electron chi connectivity index (χ0n) is 16.2. The Morgan fingerprint density at radius 3 is 2.74 bits per heavy atom. The normalized spacial score (nSPS) is 11.8. The van der Waals surface area contributed by atoms with Crippen LogP contribution in [-0.2, 0) is 12.6 Å². The van der Waals surface area contributed by atoms with Gasteiger partial charge in [-0.15, -0.1) is 0 Å². The predicted octanol–water partition coefficient (Wildman–Crippen LogP) is 5.20. The number of benzene rings is 2. The molecule has 0 saturated carbocycles. The van der Waals surface area contributed by atoms with Crippen molar-refractivity contribution in [3.05, 3.63) is 70.5 Å². The van der Waals surface area contributed by atoms with E-state index >= 15 is 0 Å². The number of hydrogen-bond acceptors (Lipinski definition) is 4. The Morgan fingerprint density at radius 2 is 1.97 bits per heavy atom. The molecule has 0 bridgehead atoms. The summed E-state index contributed by atoms with van der Waals surface area (Å²) in [5, 5.41) is 5.38. The highest BCUT2D eigenvalue weighted by atomic mass is 35.5. The van der Waals surface area contributed by atoms with E-state index in [1.165, 1.54) is 24.1 Å². The lowest BCUT2D eigenvalue weighted by Gasteiger charge is -2.19. The van der Waals surface area contributed by atoms with Crippen molar-refractivity contribution in [2.24, 2.45) is 0 Å².